The number of methoxy groups -OCH3 is 1. The van der Waals surface area contributed by atoms with E-state index in [0.717, 1.165) is 25.9 Å². The molecule has 2 aromatic rings. The van der Waals surface area contributed by atoms with Crippen molar-refractivity contribution < 1.29 is 9.13 Å². The van der Waals surface area contributed by atoms with Gasteiger partial charge in [0.15, 0.2) is 0 Å². The van der Waals surface area contributed by atoms with Crippen LogP contribution in [0.3, 0.4) is 0 Å². The summed E-state index contributed by atoms with van der Waals surface area (Å²) in [5.41, 5.74) is 1.77. The number of rotatable bonds is 4. The van der Waals surface area contributed by atoms with E-state index in [0.29, 0.717) is 6.54 Å². The number of ether oxygens (including phenoxy) is 1. The fourth-order valence-corrected chi connectivity index (χ4v) is 2.52. The number of hydrogen-bond acceptors (Lipinski definition) is 2. The van der Waals surface area contributed by atoms with Gasteiger partial charge in [-0.2, -0.15) is 0 Å². The molecule has 0 atom stereocenters. The number of nitrogens with one attached hydrogen (secondary N) is 1. The second-order valence-electron chi connectivity index (χ2n) is 3.97. The molecule has 1 N–H and O–H groups in total. The maximum atomic E-state index is 13.2. The molecule has 0 aliphatic rings. The molecule has 2 aromatic carbocycles. The van der Waals surface area contributed by atoms with Crippen LogP contribution < -0.4 is 10.1 Å². The van der Waals surface area contributed by atoms with E-state index in [1.165, 1.54) is 12.1 Å². The molecule has 0 saturated carbocycles. The molecule has 0 radical (unpaired) electrons. The summed E-state index contributed by atoms with van der Waals surface area (Å²) in [4.78, 5) is 0. The highest BCUT2D eigenvalue weighted by atomic mass is 79.9. The molecule has 0 amide bonds. The molecule has 2 nitrogen and oxygen atoms in total. The van der Waals surface area contributed by atoms with Crippen molar-refractivity contribution in [2.75, 3.05) is 12.4 Å². The van der Waals surface area contributed by atoms with Gasteiger partial charge in [0.05, 0.1) is 7.11 Å². The van der Waals surface area contributed by atoms with Gasteiger partial charge in [-0.25, -0.2) is 4.39 Å². The van der Waals surface area contributed by atoms with E-state index in [-0.39, 0.29) is 5.82 Å². The lowest BCUT2D eigenvalue weighted by Gasteiger charge is -2.10. The molecular formula is C14H12Br2FNO. The van der Waals surface area contributed by atoms with Crippen LogP contribution in [0.1, 0.15) is 5.56 Å². The van der Waals surface area contributed by atoms with E-state index in [4.69, 9.17) is 4.74 Å². The highest BCUT2D eigenvalue weighted by molar-refractivity contribution is 9.10. The lowest BCUT2D eigenvalue weighted by Crippen LogP contribution is -2.01. The quantitative estimate of drug-likeness (QED) is 0.798. The van der Waals surface area contributed by atoms with Crippen LogP contribution in [0, 0.1) is 5.82 Å². The number of anilines is 1. The van der Waals surface area contributed by atoms with Crippen molar-refractivity contribution >= 4 is 37.5 Å². The van der Waals surface area contributed by atoms with Crippen molar-refractivity contribution in [1.82, 2.24) is 0 Å². The van der Waals surface area contributed by atoms with E-state index in [9.17, 15) is 4.39 Å². The van der Waals surface area contributed by atoms with Crippen molar-refractivity contribution in [1.29, 1.82) is 0 Å². The first kappa shape index (κ1) is 14.3. The van der Waals surface area contributed by atoms with Gasteiger partial charge in [-0.1, -0.05) is 31.9 Å². The van der Waals surface area contributed by atoms with Crippen molar-refractivity contribution in [3.63, 3.8) is 0 Å². The third-order valence-electron chi connectivity index (χ3n) is 2.60. The van der Waals surface area contributed by atoms with Gasteiger partial charge in [-0.05, 0) is 35.9 Å². The van der Waals surface area contributed by atoms with Gasteiger partial charge in [0, 0.05) is 27.2 Å². The maximum absolute atomic E-state index is 13.2. The average molecular weight is 389 g/mol. The van der Waals surface area contributed by atoms with E-state index >= 15 is 0 Å². The highest BCUT2D eigenvalue weighted by Gasteiger charge is 2.03. The molecule has 0 heterocycles. The predicted octanol–water partition coefficient (Wildman–Crippen LogP) is 4.97. The molecule has 0 aromatic heterocycles. The Bertz CT molecular complexity index is 590. The topological polar surface area (TPSA) is 21.3 Å². The van der Waals surface area contributed by atoms with Crippen LogP contribution in [0.2, 0.25) is 0 Å². The van der Waals surface area contributed by atoms with Crippen LogP contribution in [0.25, 0.3) is 0 Å². The normalized spacial score (nSPS) is 10.3. The standard InChI is InChI=1S/C14H12Br2FNO/c1-19-13-6-10(15)5-12(7-13)18-8-9-4-11(17)2-3-14(9)16/h2-7,18H,8H2,1H3. The lowest BCUT2D eigenvalue weighted by atomic mass is 10.2. The maximum Gasteiger partial charge on any atom is 0.123 e. The van der Waals surface area contributed by atoms with Crippen LogP contribution in [0.15, 0.2) is 45.3 Å². The third-order valence-corrected chi connectivity index (χ3v) is 3.83. The van der Waals surface area contributed by atoms with Crippen LogP contribution in [0.4, 0.5) is 10.1 Å². The Morgan fingerprint density at radius 2 is 1.95 bits per heavy atom. The summed E-state index contributed by atoms with van der Waals surface area (Å²) in [5, 5.41) is 3.24. The molecule has 0 spiro atoms. The van der Waals surface area contributed by atoms with E-state index < -0.39 is 0 Å². The van der Waals surface area contributed by atoms with Crippen molar-refractivity contribution in [3.8, 4) is 5.75 Å². The summed E-state index contributed by atoms with van der Waals surface area (Å²) in [6.07, 6.45) is 0. The van der Waals surface area contributed by atoms with Crippen LogP contribution in [0.5, 0.6) is 5.75 Å². The Kier molecular flexibility index (Phi) is 4.82. The van der Waals surface area contributed by atoms with E-state index in [1.807, 2.05) is 18.2 Å². The van der Waals surface area contributed by atoms with Gasteiger partial charge in [-0.3, -0.25) is 0 Å². The molecule has 0 fully saturated rings. The fraction of sp³-hybridized carbons (Fsp3) is 0.143. The Morgan fingerprint density at radius 3 is 2.68 bits per heavy atom. The third kappa shape index (κ3) is 3.94. The minimum Gasteiger partial charge on any atom is -0.497 e. The SMILES string of the molecule is COc1cc(Br)cc(NCc2cc(F)ccc2Br)c1. The van der Waals surface area contributed by atoms with Crippen molar-refractivity contribution in [2.24, 2.45) is 0 Å². The zero-order chi connectivity index (χ0) is 13.8. The van der Waals surface area contributed by atoms with Crippen LogP contribution >= 0.6 is 31.9 Å². The molecule has 0 aliphatic heterocycles. The first-order valence-electron chi connectivity index (χ1n) is 5.61. The number of halogens is 3. The predicted molar refractivity (Wildman–Crippen MR) is 82.1 cm³/mol. The zero-order valence-electron chi connectivity index (χ0n) is 10.2. The van der Waals surface area contributed by atoms with Crippen molar-refractivity contribution in [2.45, 2.75) is 6.54 Å². The molecule has 2 rings (SSSR count). The minimum absolute atomic E-state index is 0.244. The minimum atomic E-state index is -0.244. The Hall–Kier alpha value is -1.07. The number of hydrogen-bond donors (Lipinski definition) is 1. The zero-order valence-corrected chi connectivity index (χ0v) is 13.4. The Morgan fingerprint density at radius 1 is 1.16 bits per heavy atom. The summed E-state index contributed by atoms with van der Waals surface area (Å²) >= 11 is 6.82. The first-order valence-corrected chi connectivity index (χ1v) is 7.19. The smallest absolute Gasteiger partial charge is 0.123 e. The van der Waals surface area contributed by atoms with E-state index in [2.05, 4.69) is 37.2 Å². The molecule has 5 heteroatoms. The van der Waals surface area contributed by atoms with Crippen molar-refractivity contribution in [3.05, 3.63) is 56.7 Å². The summed E-state index contributed by atoms with van der Waals surface area (Å²) in [6.45, 7) is 0.526. The number of benzene rings is 2. The van der Waals surface area contributed by atoms with Gasteiger partial charge < -0.3 is 10.1 Å². The molecule has 0 unspecified atom stereocenters. The molecule has 0 aliphatic carbocycles. The van der Waals surface area contributed by atoms with Gasteiger partial charge in [0.25, 0.3) is 0 Å². The molecule has 0 bridgehead atoms. The molecular weight excluding hydrogens is 377 g/mol. The second kappa shape index (κ2) is 6.39. The fourth-order valence-electron chi connectivity index (χ4n) is 1.66. The highest BCUT2D eigenvalue weighted by Crippen LogP contribution is 2.26. The summed E-state index contributed by atoms with van der Waals surface area (Å²) in [5.74, 6) is 0.516. The van der Waals surface area contributed by atoms with Crippen LogP contribution in [-0.2, 0) is 6.54 Å². The Balaban J connectivity index is 2.14. The Labute approximate surface area is 128 Å². The van der Waals surface area contributed by atoms with Crippen LogP contribution in [-0.4, -0.2) is 7.11 Å². The molecule has 100 valence electrons. The average Bonchev–Trinajstić information content (AvgIpc) is 2.39. The first-order chi connectivity index (χ1) is 9.08. The monoisotopic (exact) mass is 387 g/mol. The summed E-state index contributed by atoms with van der Waals surface area (Å²) < 4.78 is 20.2. The van der Waals surface area contributed by atoms with Gasteiger partial charge in [-0.15, -0.1) is 0 Å². The summed E-state index contributed by atoms with van der Waals surface area (Å²) in [7, 11) is 1.62. The molecule has 19 heavy (non-hydrogen) atoms. The van der Waals surface area contributed by atoms with Gasteiger partial charge in [0.1, 0.15) is 11.6 Å². The van der Waals surface area contributed by atoms with E-state index in [1.54, 1.807) is 13.2 Å². The van der Waals surface area contributed by atoms with Gasteiger partial charge >= 0.3 is 0 Å². The molecule has 0 saturated heterocycles. The van der Waals surface area contributed by atoms with Gasteiger partial charge in [0.2, 0.25) is 0 Å². The largest absolute Gasteiger partial charge is 0.497 e. The lowest BCUT2D eigenvalue weighted by molar-refractivity contribution is 0.414. The summed E-state index contributed by atoms with van der Waals surface area (Å²) in [6, 6.07) is 10.3. The second-order valence-corrected chi connectivity index (χ2v) is 5.74.